The number of carboxylic acid groups (broad SMARTS) is 1. The molecule has 1 aromatic rings. The molecule has 0 unspecified atom stereocenters. The van der Waals surface area contributed by atoms with Gasteiger partial charge in [-0.2, -0.15) is 0 Å². The van der Waals surface area contributed by atoms with Crippen LogP contribution < -0.4 is 4.72 Å². The monoisotopic (exact) mass is 337 g/mol. The summed E-state index contributed by atoms with van der Waals surface area (Å²) in [6.45, 7) is 0. The number of aliphatic carboxylic acids is 1. The van der Waals surface area contributed by atoms with Gasteiger partial charge in [-0.1, -0.05) is 29.3 Å². The van der Waals surface area contributed by atoms with Gasteiger partial charge in [-0.25, -0.2) is 13.1 Å². The van der Waals surface area contributed by atoms with E-state index in [4.69, 9.17) is 28.3 Å². The summed E-state index contributed by atoms with van der Waals surface area (Å²) in [5.41, 5.74) is 0. The highest BCUT2D eigenvalue weighted by molar-refractivity contribution is 7.89. The number of rotatable bonds is 4. The third-order valence-corrected chi connectivity index (χ3v) is 5.77. The molecule has 0 amide bonds. The number of benzene rings is 1. The van der Waals surface area contributed by atoms with E-state index >= 15 is 0 Å². The van der Waals surface area contributed by atoms with Crippen LogP contribution in [-0.2, 0) is 14.8 Å². The predicted octanol–water partition coefficient (Wildman–Crippen LogP) is 2.53. The molecule has 1 fully saturated rings. The van der Waals surface area contributed by atoms with Gasteiger partial charge in [0.1, 0.15) is 4.90 Å². The van der Waals surface area contributed by atoms with Gasteiger partial charge in [-0.05, 0) is 31.4 Å². The van der Waals surface area contributed by atoms with Crippen LogP contribution in [0.2, 0.25) is 10.0 Å². The summed E-state index contributed by atoms with van der Waals surface area (Å²) in [5, 5.41) is 8.99. The van der Waals surface area contributed by atoms with E-state index in [0.29, 0.717) is 12.8 Å². The highest BCUT2D eigenvalue weighted by Crippen LogP contribution is 2.31. The first-order valence-electron chi connectivity index (χ1n) is 6.00. The van der Waals surface area contributed by atoms with E-state index in [2.05, 4.69) is 4.72 Å². The van der Waals surface area contributed by atoms with Crippen LogP contribution in [0.1, 0.15) is 19.3 Å². The van der Waals surface area contributed by atoms with Gasteiger partial charge in [0, 0.05) is 6.04 Å². The lowest BCUT2D eigenvalue weighted by Crippen LogP contribution is -2.33. The SMILES string of the molecule is O=C(O)[C@@H]1CC[C@H](NS(=O)(=O)c2c(Cl)cccc2Cl)C1. The van der Waals surface area contributed by atoms with Crippen molar-refractivity contribution in [3.05, 3.63) is 28.2 Å². The fourth-order valence-corrected chi connectivity index (χ4v) is 4.76. The highest BCUT2D eigenvalue weighted by atomic mass is 35.5. The van der Waals surface area contributed by atoms with Gasteiger partial charge >= 0.3 is 5.97 Å². The van der Waals surface area contributed by atoms with E-state index in [1.807, 2.05) is 0 Å². The van der Waals surface area contributed by atoms with Crippen LogP contribution in [-0.4, -0.2) is 25.5 Å². The molecule has 1 saturated carbocycles. The van der Waals surface area contributed by atoms with Crippen LogP contribution in [0.4, 0.5) is 0 Å². The molecule has 1 aliphatic carbocycles. The van der Waals surface area contributed by atoms with E-state index < -0.39 is 28.0 Å². The van der Waals surface area contributed by atoms with Crippen molar-refractivity contribution in [2.24, 2.45) is 5.92 Å². The molecule has 1 aromatic carbocycles. The van der Waals surface area contributed by atoms with Crippen LogP contribution in [0.3, 0.4) is 0 Å². The first kappa shape index (κ1) is 15.6. The van der Waals surface area contributed by atoms with Crippen molar-refractivity contribution in [3.8, 4) is 0 Å². The Morgan fingerprint density at radius 1 is 1.25 bits per heavy atom. The second-order valence-electron chi connectivity index (χ2n) is 4.72. The molecule has 5 nitrogen and oxygen atoms in total. The Bertz CT molecular complexity index is 612. The number of halogens is 2. The molecular formula is C12H13Cl2NO4S. The van der Waals surface area contributed by atoms with Crippen molar-refractivity contribution in [2.75, 3.05) is 0 Å². The minimum atomic E-state index is -3.86. The average Bonchev–Trinajstić information content (AvgIpc) is 2.76. The lowest BCUT2D eigenvalue weighted by Gasteiger charge is -2.14. The maximum Gasteiger partial charge on any atom is 0.306 e. The van der Waals surface area contributed by atoms with Crippen LogP contribution in [0.15, 0.2) is 23.1 Å². The van der Waals surface area contributed by atoms with Gasteiger partial charge in [0.15, 0.2) is 0 Å². The smallest absolute Gasteiger partial charge is 0.306 e. The first-order valence-corrected chi connectivity index (χ1v) is 8.24. The molecule has 0 spiro atoms. The van der Waals surface area contributed by atoms with Crippen LogP contribution >= 0.6 is 23.2 Å². The van der Waals surface area contributed by atoms with E-state index in [-0.39, 0.29) is 21.4 Å². The molecule has 2 rings (SSSR count). The molecule has 0 aromatic heterocycles. The highest BCUT2D eigenvalue weighted by Gasteiger charge is 2.33. The number of carboxylic acids is 1. The molecule has 2 atom stereocenters. The topological polar surface area (TPSA) is 83.5 Å². The average molecular weight is 338 g/mol. The third-order valence-electron chi connectivity index (χ3n) is 3.29. The molecule has 0 saturated heterocycles. The molecule has 2 N–H and O–H groups in total. The van der Waals surface area contributed by atoms with Gasteiger partial charge < -0.3 is 5.11 Å². The maximum atomic E-state index is 12.3. The van der Waals surface area contributed by atoms with Crippen LogP contribution in [0.5, 0.6) is 0 Å². The molecule has 8 heteroatoms. The number of sulfonamides is 1. The number of carbonyl (C=O) groups is 1. The standard InChI is InChI=1S/C12H13Cl2NO4S/c13-9-2-1-3-10(14)11(9)20(18,19)15-8-5-4-7(6-8)12(16)17/h1-3,7-8,15H,4-6H2,(H,16,17)/t7-,8+/m1/s1. The lowest BCUT2D eigenvalue weighted by atomic mass is 10.1. The molecule has 0 radical (unpaired) electrons. The minimum absolute atomic E-state index is 0.0396. The Kier molecular flexibility index (Phi) is 4.59. The van der Waals surface area contributed by atoms with Crippen molar-refractivity contribution < 1.29 is 18.3 Å². The Morgan fingerprint density at radius 2 is 1.85 bits per heavy atom. The lowest BCUT2D eigenvalue weighted by molar-refractivity contribution is -0.141. The van der Waals surface area contributed by atoms with Gasteiger partial charge in [-0.15, -0.1) is 0 Å². The Labute approximate surface area is 126 Å². The normalized spacial score (nSPS) is 22.9. The summed E-state index contributed by atoms with van der Waals surface area (Å²) >= 11 is 11.8. The van der Waals surface area contributed by atoms with Crippen LogP contribution in [0, 0.1) is 5.92 Å². The second kappa shape index (κ2) is 5.89. The molecule has 1 aliphatic rings. The van der Waals surface area contributed by atoms with Gasteiger partial charge in [0.2, 0.25) is 10.0 Å². The zero-order valence-corrected chi connectivity index (χ0v) is 12.7. The van der Waals surface area contributed by atoms with E-state index in [1.54, 1.807) is 6.07 Å². The zero-order valence-electron chi connectivity index (χ0n) is 10.3. The molecular weight excluding hydrogens is 325 g/mol. The summed E-state index contributed by atoms with van der Waals surface area (Å²) in [5.74, 6) is -1.41. The van der Waals surface area contributed by atoms with Gasteiger partial charge in [0.05, 0.1) is 16.0 Å². The molecule has 20 heavy (non-hydrogen) atoms. The predicted molar refractivity (Wildman–Crippen MR) is 75.5 cm³/mol. The minimum Gasteiger partial charge on any atom is -0.481 e. The van der Waals surface area contributed by atoms with Crippen LogP contribution in [0.25, 0.3) is 0 Å². The van der Waals surface area contributed by atoms with E-state index in [1.165, 1.54) is 12.1 Å². The first-order chi connectivity index (χ1) is 9.31. The fraction of sp³-hybridized carbons (Fsp3) is 0.417. The van der Waals surface area contributed by atoms with Crippen molar-refractivity contribution in [1.82, 2.24) is 4.72 Å². The van der Waals surface area contributed by atoms with Crippen molar-refractivity contribution in [3.63, 3.8) is 0 Å². The molecule has 0 bridgehead atoms. The van der Waals surface area contributed by atoms with Crippen molar-refractivity contribution >= 4 is 39.2 Å². The quantitative estimate of drug-likeness (QED) is 0.884. The summed E-state index contributed by atoms with van der Waals surface area (Å²) in [6.07, 6.45) is 1.22. The fourth-order valence-electron chi connectivity index (χ4n) is 2.33. The Hall–Kier alpha value is -0.820. The summed E-state index contributed by atoms with van der Waals surface area (Å²) < 4.78 is 27.0. The molecule has 110 valence electrons. The van der Waals surface area contributed by atoms with Gasteiger partial charge in [-0.3, -0.25) is 4.79 Å². The number of hydrogen-bond acceptors (Lipinski definition) is 3. The van der Waals surface area contributed by atoms with E-state index in [0.717, 1.165) is 0 Å². The largest absolute Gasteiger partial charge is 0.481 e. The summed E-state index contributed by atoms with van der Waals surface area (Å²) in [6, 6.07) is 4.03. The summed E-state index contributed by atoms with van der Waals surface area (Å²) in [4.78, 5) is 10.7. The second-order valence-corrected chi connectivity index (χ2v) is 7.18. The van der Waals surface area contributed by atoms with Crippen molar-refractivity contribution in [2.45, 2.75) is 30.2 Å². The third kappa shape index (κ3) is 3.25. The van der Waals surface area contributed by atoms with Crippen molar-refractivity contribution in [1.29, 1.82) is 0 Å². The summed E-state index contributed by atoms with van der Waals surface area (Å²) in [7, 11) is -3.86. The zero-order chi connectivity index (χ0) is 14.9. The Balaban J connectivity index is 2.19. The molecule has 0 heterocycles. The number of hydrogen-bond donors (Lipinski definition) is 2. The Morgan fingerprint density at radius 3 is 2.35 bits per heavy atom. The molecule has 0 aliphatic heterocycles. The van der Waals surface area contributed by atoms with Gasteiger partial charge in [0.25, 0.3) is 0 Å². The maximum absolute atomic E-state index is 12.3. The van der Waals surface area contributed by atoms with E-state index in [9.17, 15) is 13.2 Å². The number of nitrogens with one attached hydrogen (secondary N) is 1.